The highest BCUT2D eigenvalue weighted by Gasteiger charge is 2.52. The average molecular weight is 431 g/mol. The van der Waals surface area contributed by atoms with Crippen molar-refractivity contribution in [1.29, 1.82) is 0 Å². The number of benzene rings is 4. The first-order chi connectivity index (χ1) is 14.6. The van der Waals surface area contributed by atoms with Crippen molar-refractivity contribution < 1.29 is 4.79 Å². The quantitative estimate of drug-likeness (QED) is 0.303. The zero-order valence-corrected chi connectivity index (χ0v) is 17.7. The molecule has 0 aromatic heterocycles. The Hall–Kier alpha value is -2.87. The van der Waals surface area contributed by atoms with E-state index in [2.05, 4.69) is 0 Å². The van der Waals surface area contributed by atoms with Crippen molar-refractivity contribution in [3.05, 3.63) is 144 Å². The third-order valence-electron chi connectivity index (χ3n) is 5.31. The van der Waals surface area contributed by atoms with Crippen LogP contribution in [0.25, 0.3) is 0 Å². The molecule has 0 heterocycles. The van der Waals surface area contributed by atoms with Crippen molar-refractivity contribution in [3.8, 4) is 0 Å². The van der Waals surface area contributed by atoms with Gasteiger partial charge in [-0.3, -0.25) is 4.79 Å². The SMILES string of the molecule is O=C(C(Cl)(c1ccccc1)c1ccccc1)C(Cl)(c1ccccc1)c1ccccc1. The Balaban J connectivity index is 1.99. The van der Waals surface area contributed by atoms with Gasteiger partial charge in [-0.25, -0.2) is 0 Å². The van der Waals surface area contributed by atoms with Gasteiger partial charge in [0, 0.05) is 0 Å². The third kappa shape index (κ3) is 3.45. The maximum atomic E-state index is 14.4. The van der Waals surface area contributed by atoms with E-state index in [-0.39, 0.29) is 5.78 Å². The fraction of sp³-hybridized carbons (Fsp3) is 0.0741. The molecule has 0 fully saturated rings. The van der Waals surface area contributed by atoms with Crippen molar-refractivity contribution in [2.45, 2.75) is 9.75 Å². The summed E-state index contributed by atoms with van der Waals surface area (Å²) in [4.78, 5) is 11.5. The summed E-state index contributed by atoms with van der Waals surface area (Å²) in [7, 11) is 0. The molecular weight excluding hydrogens is 411 g/mol. The maximum absolute atomic E-state index is 14.4. The number of hydrogen-bond acceptors (Lipinski definition) is 1. The summed E-state index contributed by atoms with van der Waals surface area (Å²) >= 11 is 14.6. The van der Waals surface area contributed by atoms with E-state index < -0.39 is 9.75 Å². The molecule has 0 unspecified atom stereocenters. The zero-order valence-electron chi connectivity index (χ0n) is 16.2. The topological polar surface area (TPSA) is 17.1 Å². The molecular formula is C27H20Cl2O. The van der Waals surface area contributed by atoms with E-state index in [0.29, 0.717) is 22.3 Å². The van der Waals surface area contributed by atoms with Crippen LogP contribution < -0.4 is 0 Å². The molecule has 0 radical (unpaired) electrons. The van der Waals surface area contributed by atoms with Crippen LogP contribution in [0.2, 0.25) is 0 Å². The fourth-order valence-electron chi connectivity index (χ4n) is 3.77. The van der Waals surface area contributed by atoms with Gasteiger partial charge in [-0.15, -0.1) is 23.2 Å². The van der Waals surface area contributed by atoms with Gasteiger partial charge in [0.1, 0.15) is 0 Å². The second-order valence-corrected chi connectivity index (χ2v) is 8.24. The lowest BCUT2D eigenvalue weighted by Gasteiger charge is -2.36. The van der Waals surface area contributed by atoms with E-state index in [1.807, 2.05) is 121 Å². The van der Waals surface area contributed by atoms with Crippen LogP contribution >= 0.6 is 23.2 Å². The summed E-state index contributed by atoms with van der Waals surface area (Å²) in [5.74, 6) is -0.312. The van der Waals surface area contributed by atoms with Gasteiger partial charge in [-0.2, -0.15) is 0 Å². The summed E-state index contributed by atoms with van der Waals surface area (Å²) in [6, 6.07) is 37.6. The lowest BCUT2D eigenvalue weighted by Crippen LogP contribution is -2.44. The number of rotatable bonds is 6. The Morgan fingerprint density at radius 1 is 0.433 bits per heavy atom. The van der Waals surface area contributed by atoms with Crippen molar-refractivity contribution in [3.63, 3.8) is 0 Å². The molecule has 0 atom stereocenters. The highest BCUT2D eigenvalue weighted by Crippen LogP contribution is 2.48. The normalized spacial score (nSPS) is 11.8. The van der Waals surface area contributed by atoms with Gasteiger partial charge in [0.05, 0.1) is 0 Å². The second-order valence-electron chi connectivity index (χ2n) is 7.11. The van der Waals surface area contributed by atoms with E-state index in [1.165, 1.54) is 0 Å². The Labute approximate surface area is 186 Å². The van der Waals surface area contributed by atoms with Crippen LogP contribution in [0.4, 0.5) is 0 Å². The van der Waals surface area contributed by atoms with Crippen LogP contribution in [0.15, 0.2) is 121 Å². The number of carbonyl (C=O) groups excluding carboxylic acids is 1. The molecule has 0 aliphatic carbocycles. The molecule has 0 aliphatic rings. The van der Waals surface area contributed by atoms with E-state index in [1.54, 1.807) is 0 Å². The van der Waals surface area contributed by atoms with Crippen molar-refractivity contribution in [2.24, 2.45) is 0 Å². The number of hydrogen-bond donors (Lipinski definition) is 0. The molecule has 0 spiro atoms. The molecule has 0 saturated heterocycles. The predicted molar refractivity (Wildman–Crippen MR) is 124 cm³/mol. The van der Waals surface area contributed by atoms with E-state index in [4.69, 9.17) is 23.2 Å². The molecule has 148 valence electrons. The first-order valence-electron chi connectivity index (χ1n) is 9.72. The summed E-state index contributed by atoms with van der Waals surface area (Å²) in [6.45, 7) is 0. The minimum absolute atomic E-state index is 0.312. The minimum Gasteiger partial charge on any atom is -0.294 e. The van der Waals surface area contributed by atoms with Crippen LogP contribution in [0.3, 0.4) is 0 Å². The van der Waals surface area contributed by atoms with Crippen LogP contribution in [-0.4, -0.2) is 5.78 Å². The lowest BCUT2D eigenvalue weighted by atomic mass is 9.76. The van der Waals surface area contributed by atoms with Gasteiger partial charge in [-0.05, 0) is 22.3 Å². The van der Waals surface area contributed by atoms with Crippen LogP contribution in [0.1, 0.15) is 22.3 Å². The first-order valence-corrected chi connectivity index (χ1v) is 10.5. The molecule has 4 aromatic carbocycles. The molecule has 0 amide bonds. The number of alkyl halides is 2. The van der Waals surface area contributed by atoms with Gasteiger partial charge in [0.2, 0.25) is 0 Å². The highest BCUT2D eigenvalue weighted by atomic mass is 35.5. The third-order valence-corrected chi connectivity index (χ3v) is 6.53. The Bertz CT molecular complexity index is 941. The summed E-state index contributed by atoms with van der Waals surface area (Å²) in [5, 5.41) is 0. The second kappa shape index (κ2) is 8.47. The molecule has 30 heavy (non-hydrogen) atoms. The Morgan fingerprint density at radius 2 is 0.633 bits per heavy atom. The summed E-state index contributed by atoms with van der Waals surface area (Å²) < 4.78 is 0. The van der Waals surface area contributed by atoms with Crippen LogP contribution in [-0.2, 0) is 14.5 Å². The first kappa shape index (κ1) is 20.4. The Kier molecular flexibility index (Phi) is 5.76. The van der Waals surface area contributed by atoms with Gasteiger partial charge in [0.25, 0.3) is 0 Å². The average Bonchev–Trinajstić information content (AvgIpc) is 2.84. The maximum Gasteiger partial charge on any atom is 0.192 e. The Morgan fingerprint density at radius 3 is 0.833 bits per heavy atom. The summed E-state index contributed by atoms with van der Waals surface area (Å²) in [6.07, 6.45) is 0. The molecule has 0 bridgehead atoms. The number of halogens is 2. The molecule has 4 rings (SSSR count). The van der Waals surface area contributed by atoms with Gasteiger partial charge in [-0.1, -0.05) is 121 Å². The number of Topliss-reactive ketones (excluding diaryl/α,β-unsaturated/α-hetero) is 1. The van der Waals surface area contributed by atoms with E-state index >= 15 is 0 Å². The predicted octanol–water partition coefficient (Wildman–Crippen LogP) is 6.92. The largest absolute Gasteiger partial charge is 0.294 e. The smallest absolute Gasteiger partial charge is 0.192 e. The molecule has 4 aromatic rings. The molecule has 1 nitrogen and oxygen atoms in total. The van der Waals surface area contributed by atoms with Gasteiger partial charge >= 0.3 is 0 Å². The monoisotopic (exact) mass is 430 g/mol. The fourth-order valence-corrected chi connectivity index (χ4v) is 4.60. The number of ketones is 1. The molecule has 0 saturated carbocycles. The standard InChI is InChI=1S/C27H20Cl2O/c28-26(21-13-5-1-6-14-21,22-15-7-2-8-16-22)25(30)27(29,23-17-9-3-10-18-23)24-19-11-4-12-20-24/h1-20H. The van der Waals surface area contributed by atoms with Crippen LogP contribution in [0, 0.1) is 0 Å². The molecule has 3 heteroatoms. The molecule has 0 N–H and O–H groups in total. The lowest BCUT2D eigenvalue weighted by molar-refractivity contribution is -0.122. The minimum atomic E-state index is -1.46. The summed E-state index contributed by atoms with van der Waals surface area (Å²) in [5.41, 5.74) is 2.72. The van der Waals surface area contributed by atoms with Crippen molar-refractivity contribution in [2.75, 3.05) is 0 Å². The van der Waals surface area contributed by atoms with Crippen LogP contribution in [0.5, 0.6) is 0 Å². The highest BCUT2D eigenvalue weighted by molar-refractivity contribution is 6.47. The van der Waals surface area contributed by atoms with Crippen molar-refractivity contribution in [1.82, 2.24) is 0 Å². The van der Waals surface area contributed by atoms with Gasteiger partial charge in [0.15, 0.2) is 15.5 Å². The molecule has 0 aliphatic heterocycles. The van der Waals surface area contributed by atoms with E-state index in [9.17, 15) is 4.79 Å². The van der Waals surface area contributed by atoms with Gasteiger partial charge < -0.3 is 0 Å². The van der Waals surface area contributed by atoms with Crippen molar-refractivity contribution >= 4 is 29.0 Å². The van der Waals surface area contributed by atoms with E-state index in [0.717, 1.165) is 0 Å². The zero-order chi connectivity index (χ0) is 21.0. The number of carbonyl (C=O) groups is 1.